The summed E-state index contributed by atoms with van der Waals surface area (Å²) in [7, 11) is 0. The molecular formula is C12H22O. The lowest BCUT2D eigenvalue weighted by atomic mass is 9.89. The van der Waals surface area contributed by atoms with E-state index in [1.165, 1.54) is 38.5 Å². The molecule has 2 heterocycles. The lowest BCUT2D eigenvalue weighted by Gasteiger charge is -2.28. The van der Waals surface area contributed by atoms with Crippen LogP contribution >= 0.6 is 0 Å². The van der Waals surface area contributed by atoms with Gasteiger partial charge in [0.15, 0.2) is 0 Å². The van der Waals surface area contributed by atoms with Gasteiger partial charge in [-0.2, -0.15) is 0 Å². The third-order valence-corrected chi connectivity index (χ3v) is 3.54. The summed E-state index contributed by atoms with van der Waals surface area (Å²) in [6.07, 6.45) is 9.49. The standard InChI is InChI=1S/C12H22O/c1-9(2)3-4-10-7-11-5-6-12(8-10)13-11/h9-12H,3-8H2,1-2H3. The van der Waals surface area contributed by atoms with Crippen LogP contribution in [0.15, 0.2) is 0 Å². The SMILES string of the molecule is CC(C)CCC1CC2CCC(C1)O2. The van der Waals surface area contributed by atoms with Crippen LogP contribution in [0.25, 0.3) is 0 Å². The molecule has 0 aromatic carbocycles. The van der Waals surface area contributed by atoms with E-state index in [-0.39, 0.29) is 0 Å². The summed E-state index contributed by atoms with van der Waals surface area (Å²) in [5, 5.41) is 0. The van der Waals surface area contributed by atoms with Gasteiger partial charge in [-0.25, -0.2) is 0 Å². The topological polar surface area (TPSA) is 9.23 Å². The number of fused-ring (bicyclic) bond motifs is 2. The Balaban J connectivity index is 1.75. The smallest absolute Gasteiger partial charge is 0.0582 e. The summed E-state index contributed by atoms with van der Waals surface area (Å²) in [6.45, 7) is 4.65. The molecule has 0 aromatic heterocycles. The van der Waals surface area contributed by atoms with Gasteiger partial charge in [0.05, 0.1) is 12.2 Å². The minimum atomic E-state index is 0.635. The van der Waals surface area contributed by atoms with Crippen LogP contribution in [0, 0.1) is 11.8 Å². The second-order valence-electron chi connectivity index (χ2n) is 5.27. The second-order valence-corrected chi connectivity index (χ2v) is 5.27. The van der Waals surface area contributed by atoms with Gasteiger partial charge in [0.25, 0.3) is 0 Å². The van der Waals surface area contributed by atoms with Crippen LogP contribution in [0.3, 0.4) is 0 Å². The molecule has 0 N–H and O–H groups in total. The number of ether oxygens (including phenoxy) is 1. The first kappa shape index (κ1) is 9.51. The molecule has 1 nitrogen and oxygen atoms in total. The summed E-state index contributed by atoms with van der Waals surface area (Å²) < 4.78 is 5.83. The molecule has 2 bridgehead atoms. The van der Waals surface area contributed by atoms with Crippen molar-refractivity contribution in [1.82, 2.24) is 0 Å². The maximum absolute atomic E-state index is 5.83. The fourth-order valence-corrected chi connectivity index (χ4v) is 2.77. The van der Waals surface area contributed by atoms with Crippen LogP contribution in [0.1, 0.15) is 52.4 Å². The Labute approximate surface area is 81.9 Å². The van der Waals surface area contributed by atoms with Gasteiger partial charge in [-0.3, -0.25) is 0 Å². The molecule has 0 radical (unpaired) electrons. The third-order valence-electron chi connectivity index (χ3n) is 3.54. The predicted molar refractivity (Wildman–Crippen MR) is 54.7 cm³/mol. The molecule has 0 saturated carbocycles. The van der Waals surface area contributed by atoms with Crippen molar-refractivity contribution in [1.29, 1.82) is 0 Å². The fraction of sp³-hybridized carbons (Fsp3) is 1.00. The first-order valence-electron chi connectivity index (χ1n) is 5.89. The van der Waals surface area contributed by atoms with Crippen LogP contribution < -0.4 is 0 Å². The average Bonchev–Trinajstić information content (AvgIpc) is 2.42. The van der Waals surface area contributed by atoms with Crippen molar-refractivity contribution in [3.8, 4) is 0 Å². The van der Waals surface area contributed by atoms with Crippen molar-refractivity contribution >= 4 is 0 Å². The van der Waals surface area contributed by atoms with E-state index in [4.69, 9.17) is 4.74 Å². The minimum Gasteiger partial charge on any atom is -0.375 e. The average molecular weight is 182 g/mol. The molecule has 2 saturated heterocycles. The maximum Gasteiger partial charge on any atom is 0.0582 e. The highest BCUT2D eigenvalue weighted by atomic mass is 16.5. The van der Waals surface area contributed by atoms with Gasteiger partial charge >= 0.3 is 0 Å². The molecule has 2 rings (SSSR count). The normalized spacial score (nSPS) is 38.5. The van der Waals surface area contributed by atoms with Crippen LogP contribution in [0.4, 0.5) is 0 Å². The van der Waals surface area contributed by atoms with E-state index in [0.717, 1.165) is 11.8 Å². The summed E-state index contributed by atoms with van der Waals surface area (Å²) in [6, 6.07) is 0. The van der Waals surface area contributed by atoms with Gasteiger partial charge in [0.1, 0.15) is 0 Å². The van der Waals surface area contributed by atoms with Gasteiger partial charge in [0.2, 0.25) is 0 Å². The monoisotopic (exact) mass is 182 g/mol. The van der Waals surface area contributed by atoms with Gasteiger partial charge in [-0.15, -0.1) is 0 Å². The van der Waals surface area contributed by atoms with E-state index >= 15 is 0 Å². The zero-order valence-corrected chi connectivity index (χ0v) is 8.96. The molecule has 2 aliphatic rings. The molecule has 1 heteroatoms. The minimum absolute atomic E-state index is 0.635. The van der Waals surface area contributed by atoms with Crippen LogP contribution in [-0.2, 0) is 4.74 Å². The molecular weight excluding hydrogens is 160 g/mol. The first-order valence-corrected chi connectivity index (χ1v) is 5.89. The van der Waals surface area contributed by atoms with Crippen LogP contribution in [0.5, 0.6) is 0 Å². The predicted octanol–water partition coefficient (Wildman–Crippen LogP) is 3.38. The van der Waals surface area contributed by atoms with Gasteiger partial charge in [-0.05, 0) is 37.5 Å². The molecule has 13 heavy (non-hydrogen) atoms. The fourth-order valence-electron chi connectivity index (χ4n) is 2.77. The molecule has 0 aliphatic carbocycles. The summed E-state index contributed by atoms with van der Waals surface area (Å²) in [5.74, 6) is 1.86. The highest BCUT2D eigenvalue weighted by Crippen LogP contribution is 2.38. The Morgan fingerprint density at radius 1 is 1.15 bits per heavy atom. The van der Waals surface area contributed by atoms with Gasteiger partial charge in [0, 0.05) is 0 Å². The van der Waals surface area contributed by atoms with Crippen LogP contribution in [0.2, 0.25) is 0 Å². The van der Waals surface area contributed by atoms with Crippen LogP contribution in [-0.4, -0.2) is 12.2 Å². The summed E-state index contributed by atoms with van der Waals surface area (Å²) in [4.78, 5) is 0. The second kappa shape index (κ2) is 4.00. The zero-order valence-electron chi connectivity index (χ0n) is 8.96. The van der Waals surface area contributed by atoms with Crippen molar-refractivity contribution in [2.45, 2.75) is 64.6 Å². The van der Waals surface area contributed by atoms with E-state index in [0.29, 0.717) is 12.2 Å². The number of hydrogen-bond acceptors (Lipinski definition) is 1. The van der Waals surface area contributed by atoms with Crippen molar-refractivity contribution < 1.29 is 4.74 Å². The molecule has 2 fully saturated rings. The van der Waals surface area contributed by atoms with E-state index in [1.54, 1.807) is 0 Å². The maximum atomic E-state index is 5.83. The Morgan fingerprint density at radius 2 is 1.77 bits per heavy atom. The van der Waals surface area contributed by atoms with Crippen molar-refractivity contribution in [3.05, 3.63) is 0 Å². The first-order chi connectivity index (χ1) is 6.24. The lowest BCUT2D eigenvalue weighted by Crippen LogP contribution is -2.25. The third kappa shape index (κ3) is 2.46. The van der Waals surface area contributed by atoms with Crippen molar-refractivity contribution in [3.63, 3.8) is 0 Å². The molecule has 2 unspecified atom stereocenters. The van der Waals surface area contributed by atoms with E-state index in [2.05, 4.69) is 13.8 Å². The summed E-state index contributed by atoms with van der Waals surface area (Å²) in [5.41, 5.74) is 0. The largest absolute Gasteiger partial charge is 0.375 e. The van der Waals surface area contributed by atoms with Gasteiger partial charge in [-0.1, -0.05) is 26.7 Å². The lowest BCUT2D eigenvalue weighted by molar-refractivity contribution is -0.0217. The number of hydrogen-bond donors (Lipinski definition) is 0. The van der Waals surface area contributed by atoms with Crippen molar-refractivity contribution in [2.75, 3.05) is 0 Å². The molecule has 0 aromatic rings. The Bertz CT molecular complexity index is 153. The zero-order chi connectivity index (χ0) is 9.26. The van der Waals surface area contributed by atoms with E-state index in [1.807, 2.05) is 0 Å². The van der Waals surface area contributed by atoms with E-state index in [9.17, 15) is 0 Å². The van der Waals surface area contributed by atoms with E-state index < -0.39 is 0 Å². The molecule has 2 aliphatic heterocycles. The Kier molecular flexibility index (Phi) is 2.92. The highest BCUT2D eigenvalue weighted by Gasteiger charge is 2.34. The van der Waals surface area contributed by atoms with Gasteiger partial charge < -0.3 is 4.74 Å². The Hall–Kier alpha value is -0.0400. The molecule has 0 amide bonds. The quantitative estimate of drug-likeness (QED) is 0.650. The molecule has 2 atom stereocenters. The molecule has 0 spiro atoms. The Morgan fingerprint density at radius 3 is 2.31 bits per heavy atom. The number of rotatable bonds is 3. The van der Waals surface area contributed by atoms with Crippen molar-refractivity contribution in [2.24, 2.45) is 11.8 Å². The summed E-state index contributed by atoms with van der Waals surface area (Å²) >= 11 is 0. The highest BCUT2D eigenvalue weighted by molar-refractivity contribution is 4.84. The molecule has 76 valence electrons.